The molecule has 1 aromatic rings. The first-order chi connectivity index (χ1) is 8.15. The topological polar surface area (TPSA) is 35.5 Å². The number of fused-ring (bicyclic) bond motifs is 1. The number of benzene rings is 1. The van der Waals surface area contributed by atoms with Gasteiger partial charge in [-0.1, -0.05) is 6.07 Å². The molecule has 1 aromatic carbocycles. The maximum absolute atomic E-state index is 11.3. The minimum Gasteiger partial charge on any atom is -0.493 e. The molecule has 0 aromatic heterocycles. The van der Waals surface area contributed by atoms with Crippen molar-refractivity contribution in [1.82, 2.24) is 0 Å². The maximum atomic E-state index is 11.3. The van der Waals surface area contributed by atoms with E-state index in [9.17, 15) is 4.79 Å². The number of hydrogen-bond acceptors (Lipinski definition) is 3. The number of rotatable bonds is 3. The summed E-state index contributed by atoms with van der Waals surface area (Å²) in [4.78, 5) is 11.3. The summed E-state index contributed by atoms with van der Waals surface area (Å²) in [5.74, 6) is 0.642. The van der Waals surface area contributed by atoms with Gasteiger partial charge in [-0.25, -0.2) is 4.79 Å². The van der Waals surface area contributed by atoms with Gasteiger partial charge < -0.3 is 9.47 Å². The van der Waals surface area contributed by atoms with Crippen LogP contribution in [0.5, 0.6) is 5.75 Å². The first kappa shape index (κ1) is 11.7. The van der Waals surface area contributed by atoms with Gasteiger partial charge in [-0.3, -0.25) is 0 Å². The molecule has 0 aliphatic carbocycles. The molecule has 3 nitrogen and oxygen atoms in total. The van der Waals surface area contributed by atoms with E-state index in [2.05, 4.69) is 0 Å². The van der Waals surface area contributed by atoms with E-state index in [4.69, 9.17) is 9.47 Å². The molecular weight excluding hydrogens is 216 g/mol. The Kier molecular flexibility index (Phi) is 3.47. The Morgan fingerprint density at radius 1 is 1.47 bits per heavy atom. The van der Waals surface area contributed by atoms with Crippen molar-refractivity contribution in [2.24, 2.45) is 0 Å². The van der Waals surface area contributed by atoms with Crippen LogP contribution in [0.25, 0.3) is 6.08 Å². The molecule has 0 fully saturated rings. The van der Waals surface area contributed by atoms with Gasteiger partial charge in [-0.2, -0.15) is 0 Å². The fraction of sp³-hybridized carbons (Fsp3) is 0.357. The fourth-order valence-electron chi connectivity index (χ4n) is 1.75. The van der Waals surface area contributed by atoms with Crippen molar-refractivity contribution in [2.75, 3.05) is 6.61 Å². The Labute approximate surface area is 101 Å². The van der Waals surface area contributed by atoms with Crippen molar-refractivity contribution < 1.29 is 14.3 Å². The quantitative estimate of drug-likeness (QED) is 0.593. The third-order valence-corrected chi connectivity index (χ3v) is 2.48. The van der Waals surface area contributed by atoms with Gasteiger partial charge >= 0.3 is 5.97 Å². The van der Waals surface area contributed by atoms with Crippen molar-refractivity contribution in [3.05, 3.63) is 35.4 Å². The molecule has 0 bridgehead atoms. The third-order valence-electron chi connectivity index (χ3n) is 2.48. The van der Waals surface area contributed by atoms with Crippen LogP contribution in [0, 0.1) is 0 Å². The van der Waals surface area contributed by atoms with E-state index < -0.39 is 0 Å². The van der Waals surface area contributed by atoms with Crippen molar-refractivity contribution >= 4 is 12.0 Å². The Morgan fingerprint density at radius 2 is 2.29 bits per heavy atom. The van der Waals surface area contributed by atoms with Crippen molar-refractivity contribution in [3.8, 4) is 5.75 Å². The molecule has 0 saturated heterocycles. The lowest BCUT2D eigenvalue weighted by molar-refractivity contribution is -0.141. The summed E-state index contributed by atoms with van der Waals surface area (Å²) in [6.45, 7) is 4.41. The summed E-state index contributed by atoms with van der Waals surface area (Å²) in [6.07, 6.45) is 4.08. The van der Waals surface area contributed by atoms with Crippen LogP contribution in [0.15, 0.2) is 24.3 Å². The van der Waals surface area contributed by atoms with Gasteiger partial charge in [0.1, 0.15) is 5.75 Å². The molecule has 3 heteroatoms. The van der Waals surface area contributed by atoms with E-state index >= 15 is 0 Å². The lowest BCUT2D eigenvalue weighted by Crippen LogP contribution is -2.08. The third kappa shape index (κ3) is 3.09. The van der Waals surface area contributed by atoms with E-state index in [-0.39, 0.29) is 12.1 Å². The van der Waals surface area contributed by atoms with Gasteiger partial charge in [0.05, 0.1) is 12.7 Å². The minimum absolute atomic E-state index is 0.0828. The normalized spacial score (nSPS) is 13.8. The van der Waals surface area contributed by atoms with Crippen molar-refractivity contribution in [1.29, 1.82) is 0 Å². The minimum atomic E-state index is -0.309. The van der Waals surface area contributed by atoms with Crippen molar-refractivity contribution in [2.45, 2.75) is 26.4 Å². The molecule has 0 spiro atoms. The zero-order chi connectivity index (χ0) is 12.3. The number of esters is 1. The van der Waals surface area contributed by atoms with Crippen LogP contribution in [0.4, 0.5) is 0 Å². The zero-order valence-corrected chi connectivity index (χ0v) is 10.1. The average Bonchev–Trinajstić information content (AvgIpc) is 2.72. The Morgan fingerprint density at radius 3 is 3.06 bits per heavy atom. The smallest absolute Gasteiger partial charge is 0.331 e. The monoisotopic (exact) mass is 232 g/mol. The van der Waals surface area contributed by atoms with Crippen LogP contribution in [0.3, 0.4) is 0 Å². The summed E-state index contributed by atoms with van der Waals surface area (Å²) in [7, 11) is 0. The summed E-state index contributed by atoms with van der Waals surface area (Å²) in [6, 6.07) is 5.92. The van der Waals surface area contributed by atoms with E-state index in [1.165, 1.54) is 11.6 Å². The second kappa shape index (κ2) is 5.04. The van der Waals surface area contributed by atoms with Crippen LogP contribution in [0.1, 0.15) is 25.0 Å². The molecule has 90 valence electrons. The average molecular weight is 232 g/mol. The summed E-state index contributed by atoms with van der Waals surface area (Å²) in [5, 5.41) is 0. The molecule has 1 aliphatic heterocycles. The standard InChI is InChI=1S/C14H16O3/c1-10(2)17-14(15)6-4-11-3-5-13-12(9-11)7-8-16-13/h3-6,9-10H,7-8H2,1-2H3. The Bertz CT molecular complexity index is 447. The van der Waals surface area contributed by atoms with Gasteiger partial charge in [0, 0.05) is 12.5 Å². The molecule has 0 unspecified atom stereocenters. The number of hydrogen-bond donors (Lipinski definition) is 0. The largest absolute Gasteiger partial charge is 0.493 e. The molecule has 0 amide bonds. The first-order valence-corrected chi connectivity index (χ1v) is 5.79. The summed E-state index contributed by atoms with van der Waals surface area (Å²) >= 11 is 0. The number of carbonyl (C=O) groups excluding carboxylic acids is 1. The van der Waals surface area contributed by atoms with Crippen LogP contribution in [-0.4, -0.2) is 18.7 Å². The van der Waals surface area contributed by atoms with Crippen LogP contribution in [0.2, 0.25) is 0 Å². The van der Waals surface area contributed by atoms with E-state index in [0.717, 1.165) is 24.3 Å². The lowest BCUT2D eigenvalue weighted by Gasteiger charge is -2.04. The second-order valence-corrected chi connectivity index (χ2v) is 4.28. The highest BCUT2D eigenvalue weighted by molar-refractivity contribution is 5.87. The SMILES string of the molecule is CC(C)OC(=O)C=Cc1ccc2c(c1)CCO2. The second-order valence-electron chi connectivity index (χ2n) is 4.28. The van der Waals surface area contributed by atoms with Gasteiger partial charge in [0.15, 0.2) is 0 Å². The Hall–Kier alpha value is -1.77. The van der Waals surface area contributed by atoms with Gasteiger partial charge in [-0.05, 0) is 43.2 Å². The van der Waals surface area contributed by atoms with Gasteiger partial charge in [-0.15, -0.1) is 0 Å². The molecule has 0 radical (unpaired) electrons. The van der Waals surface area contributed by atoms with Gasteiger partial charge in [0.2, 0.25) is 0 Å². The van der Waals surface area contributed by atoms with Crippen LogP contribution in [-0.2, 0) is 16.0 Å². The van der Waals surface area contributed by atoms with E-state index in [1.54, 1.807) is 6.08 Å². The molecule has 1 aliphatic rings. The van der Waals surface area contributed by atoms with E-state index in [1.807, 2.05) is 32.0 Å². The highest BCUT2D eigenvalue weighted by atomic mass is 16.5. The Balaban J connectivity index is 2.04. The maximum Gasteiger partial charge on any atom is 0.331 e. The van der Waals surface area contributed by atoms with Crippen LogP contribution >= 0.6 is 0 Å². The molecule has 1 heterocycles. The molecule has 0 saturated carbocycles. The molecule has 0 N–H and O–H groups in total. The number of ether oxygens (including phenoxy) is 2. The predicted molar refractivity (Wildman–Crippen MR) is 65.9 cm³/mol. The van der Waals surface area contributed by atoms with Crippen LogP contribution < -0.4 is 4.74 Å². The summed E-state index contributed by atoms with van der Waals surface area (Å²) in [5.41, 5.74) is 2.19. The predicted octanol–water partition coefficient (Wildman–Crippen LogP) is 2.59. The lowest BCUT2D eigenvalue weighted by atomic mass is 10.1. The first-order valence-electron chi connectivity index (χ1n) is 5.79. The molecule has 17 heavy (non-hydrogen) atoms. The van der Waals surface area contributed by atoms with Gasteiger partial charge in [0.25, 0.3) is 0 Å². The highest BCUT2D eigenvalue weighted by Crippen LogP contribution is 2.26. The molecule has 0 atom stereocenters. The zero-order valence-electron chi connectivity index (χ0n) is 10.1. The van der Waals surface area contributed by atoms with Crippen molar-refractivity contribution in [3.63, 3.8) is 0 Å². The number of carbonyl (C=O) groups is 1. The highest BCUT2D eigenvalue weighted by Gasteiger charge is 2.11. The fourth-order valence-corrected chi connectivity index (χ4v) is 1.75. The molecule has 2 rings (SSSR count). The van der Waals surface area contributed by atoms with E-state index in [0.29, 0.717) is 0 Å². The summed E-state index contributed by atoms with van der Waals surface area (Å²) < 4.78 is 10.4. The molecular formula is C14H16O3.